The van der Waals surface area contributed by atoms with Crippen LogP contribution in [-0.2, 0) is 0 Å². The first kappa shape index (κ1) is 18.6. The minimum absolute atomic E-state index is 0.126. The molecule has 0 bridgehead atoms. The minimum Gasteiger partial charge on any atom is -0.492 e. The Morgan fingerprint density at radius 2 is 2.00 bits per heavy atom. The first-order valence-electron chi connectivity index (χ1n) is 8.74. The monoisotopic (exact) mass is 373 g/mol. The predicted octanol–water partition coefficient (Wildman–Crippen LogP) is 3.14. The van der Waals surface area contributed by atoms with Gasteiger partial charge in [-0.3, -0.25) is 14.9 Å². The summed E-state index contributed by atoms with van der Waals surface area (Å²) in [7, 11) is 0. The molecule has 2 aromatic carbocycles. The summed E-state index contributed by atoms with van der Waals surface area (Å²) in [5.74, 6) is -0.427. The second kappa shape index (κ2) is 8.48. The fourth-order valence-electron chi connectivity index (χ4n) is 3.04. The predicted molar refractivity (Wildman–Crippen MR) is 98.8 cm³/mol. The van der Waals surface area contributed by atoms with Crippen LogP contribution in [0.4, 0.5) is 15.8 Å². The third-order valence-electron chi connectivity index (χ3n) is 4.33. The number of hydrogen-bond acceptors (Lipinski definition) is 5. The number of anilines is 1. The highest BCUT2D eigenvalue weighted by Gasteiger charge is 2.22. The van der Waals surface area contributed by atoms with Gasteiger partial charge in [0.05, 0.1) is 22.7 Å². The van der Waals surface area contributed by atoms with Crippen LogP contribution in [0.2, 0.25) is 0 Å². The molecule has 1 fully saturated rings. The molecule has 0 spiro atoms. The zero-order valence-corrected chi connectivity index (χ0v) is 14.7. The summed E-state index contributed by atoms with van der Waals surface area (Å²) < 4.78 is 18.5. The van der Waals surface area contributed by atoms with Gasteiger partial charge in [-0.15, -0.1) is 0 Å². The Morgan fingerprint density at radius 1 is 1.22 bits per heavy atom. The first-order chi connectivity index (χ1) is 13.0. The number of rotatable bonds is 7. The van der Waals surface area contributed by atoms with E-state index in [0.717, 1.165) is 25.9 Å². The second-order valence-electron chi connectivity index (χ2n) is 6.21. The second-order valence-corrected chi connectivity index (χ2v) is 6.21. The number of nitro benzene ring substituents is 1. The van der Waals surface area contributed by atoms with Crippen LogP contribution in [0.25, 0.3) is 0 Å². The molecule has 0 aromatic heterocycles. The van der Waals surface area contributed by atoms with Gasteiger partial charge in [-0.25, -0.2) is 4.39 Å². The van der Waals surface area contributed by atoms with Crippen molar-refractivity contribution < 1.29 is 18.8 Å². The van der Waals surface area contributed by atoms with E-state index in [0.29, 0.717) is 11.4 Å². The molecule has 8 heteroatoms. The summed E-state index contributed by atoms with van der Waals surface area (Å²) in [5.41, 5.74) is 0.845. The quantitative estimate of drug-likeness (QED) is 0.458. The number of ether oxygens (including phenoxy) is 1. The smallest absolute Gasteiger partial charge is 0.270 e. The van der Waals surface area contributed by atoms with Crippen molar-refractivity contribution in [2.75, 3.05) is 31.1 Å². The highest BCUT2D eigenvalue weighted by molar-refractivity contribution is 6.00. The van der Waals surface area contributed by atoms with E-state index < -0.39 is 16.6 Å². The number of halogens is 1. The van der Waals surface area contributed by atoms with Crippen molar-refractivity contribution in [1.29, 1.82) is 0 Å². The van der Waals surface area contributed by atoms with E-state index in [2.05, 4.69) is 10.2 Å². The van der Waals surface area contributed by atoms with Gasteiger partial charge in [0, 0.05) is 31.3 Å². The molecule has 0 aliphatic carbocycles. The average molecular weight is 373 g/mol. The summed E-state index contributed by atoms with van der Waals surface area (Å²) in [4.78, 5) is 25.2. The Morgan fingerprint density at radius 3 is 2.70 bits per heavy atom. The van der Waals surface area contributed by atoms with Gasteiger partial charge in [0.25, 0.3) is 11.6 Å². The molecule has 1 saturated heterocycles. The van der Waals surface area contributed by atoms with Gasteiger partial charge < -0.3 is 15.0 Å². The van der Waals surface area contributed by atoms with Crippen molar-refractivity contribution in [1.82, 2.24) is 5.32 Å². The average Bonchev–Trinajstić information content (AvgIpc) is 3.19. The third-order valence-corrected chi connectivity index (χ3v) is 4.33. The number of amides is 1. The summed E-state index contributed by atoms with van der Waals surface area (Å²) in [6.45, 7) is 1.99. The van der Waals surface area contributed by atoms with Gasteiger partial charge in [-0.05, 0) is 31.0 Å². The Kier molecular flexibility index (Phi) is 5.85. The van der Waals surface area contributed by atoms with E-state index in [1.165, 1.54) is 30.3 Å². The lowest BCUT2D eigenvalue weighted by atomic mass is 10.1. The normalized spacial score (nSPS) is 13.4. The van der Waals surface area contributed by atoms with E-state index in [-0.39, 0.29) is 24.4 Å². The fraction of sp³-hybridized carbons (Fsp3) is 0.316. The third kappa shape index (κ3) is 4.72. The highest BCUT2D eigenvalue weighted by Crippen LogP contribution is 2.28. The number of nitrogens with one attached hydrogen (secondary N) is 1. The molecule has 1 amide bonds. The van der Waals surface area contributed by atoms with Crippen LogP contribution in [0.1, 0.15) is 23.2 Å². The molecule has 0 atom stereocenters. The number of nitro groups is 1. The number of carbonyl (C=O) groups excluding carboxylic acids is 1. The van der Waals surface area contributed by atoms with E-state index in [4.69, 9.17) is 4.74 Å². The van der Waals surface area contributed by atoms with E-state index in [1.807, 2.05) is 0 Å². The molecule has 27 heavy (non-hydrogen) atoms. The molecule has 0 unspecified atom stereocenters. The molecule has 142 valence electrons. The van der Waals surface area contributed by atoms with Gasteiger partial charge in [-0.1, -0.05) is 6.07 Å². The van der Waals surface area contributed by atoms with Gasteiger partial charge in [-0.2, -0.15) is 0 Å². The lowest BCUT2D eigenvalue weighted by molar-refractivity contribution is -0.384. The minimum atomic E-state index is -0.516. The van der Waals surface area contributed by atoms with Crippen molar-refractivity contribution >= 4 is 17.3 Å². The van der Waals surface area contributed by atoms with Gasteiger partial charge in [0.1, 0.15) is 18.2 Å². The largest absolute Gasteiger partial charge is 0.492 e. The van der Waals surface area contributed by atoms with Crippen LogP contribution in [0, 0.1) is 15.9 Å². The topological polar surface area (TPSA) is 84.7 Å². The summed E-state index contributed by atoms with van der Waals surface area (Å²) in [5, 5.41) is 13.8. The van der Waals surface area contributed by atoms with E-state index in [1.54, 1.807) is 12.1 Å². The SMILES string of the molecule is O=C(NCCOc1cccc(F)c1)c1cc([N+](=O)[O-])ccc1N1CCCC1. The van der Waals surface area contributed by atoms with Gasteiger partial charge >= 0.3 is 0 Å². The highest BCUT2D eigenvalue weighted by atomic mass is 19.1. The van der Waals surface area contributed by atoms with Crippen LogP contribution in [-0.4, -0.2) is 37.1 Å². The number of hydrogen-bond donors (Lipinski definition) is 1. The van der Waals surface area contributed by atoms with Crippen LogP contribution < -0.4 is 15.0 Å². The van der Waals surface area contributed by atoms with Crippen LogP contribution in [0.3, 0.4) is 0 Å². The molecular weight excluding hydrogens is 353 g/mol. The molecule has 1 aliphatic rings. The van der Waals surface area contributed by atoms with Crippen molar-refractivity contribution in [2.45, 2.75) is 12.8 Å². The maximum absolute atomic E-state index is 13.1. The van der Waals surface area contributed by atoms with Gasteiger partial charge in [0.2, 0.25) is 0 Å². The molecular formula is C19H20FN3O4. The summed E-state index contributed by atoms with van der Waals surface area (Å²) in [6.07, 6.45) is 2.05. The first-order valence-corrected chi connectivity index (χ1v) is 8.74. The lowest BCUT2D eigenvalue weighted by Gasteiger charge is -2.20. The van der Waals surface area contributed by atoms with Crippen molar-refractivity contribution in [3.63, 3.8) is 0 Å². The zero-order chi connectivity index (χ0) is 19.2. The molecule has 1 N–H and O–H groups in total. The Labute approximate surface area is 155 Å². The summed E-state index contributed by atoms with van der Waals surface area (Å²) in [6, 6.07) is 10.1. The molecule has 1 aliphatic heterocycles. The van der Waals surface area contributed by atoms with Crippen molar-refractivity contribution in [2.24, 2.45) is 0 Å². The zero-order valence-electron chi connectivity index (χ0n) is 14.7. The van der Waals surface area contributed by atoms with Gasteiger partial charge in [0.15, 0.2) is 0 Å². The van der Waals surface area contributed by atoms with Crippen molar-refractivity contribution in [3.8, 4) is 5.75 Å². The van der Waals surface area contributed by atoms with E-state index in [9.17, 15) is 19.3 Å². The van der Waals surface area contributed by atoms with Crippen LogP contribution in [0.15, 0.2) is 42.5 Å². The maximum atomic E-state index is 13.1. The number of nitrogens with zero attached hydrogens (tertiary/aromatic N) is 2. The number of non-ortho nitro benzene ring substituents is 1. The molecule has 1 heterocycles. The fourth-order valence-corrected chi connectivity index (χ4v) is 3.04. The molecule has 3 rings (SSSR count). The molecule has 2 aromatic rings. The Hall–Kier alpha value is -3.16. The molecule has 0 radical (unpaired) electrons. The Bertz CT molecular complexity index is 837. The van der Waals surface area contributed by atoms with Crippen LogP contribution >= 0.6 is 0 Å². The Balaban J connectivity index is 1.65. The molecule has 0 saturated carbocycles. The number of benzene rings is 2. The van der Waals surface area contributed by atoms with Crippen LogP contribution in [0.5, 0.6) is 5.75 Å². The summed E-state index contributed by atoms with van der Waals surface area (Å²) >= 11 is 0. The number of carbonyl (C=O) groups is 1. The van der Waals surface area contributed by atoms with E-state index >= 15 is 0 Å². The molecule has 7 nitrogen and oxygen atoms in total. The van der Waals surface area contributed by atoms with Crippen molar-refractivity contribution in [3.05, 3.63) is 64.0 Å². The standard InChI is InChI=1S/C19H20FN3O4/c20-14-4-3-5-16(12-14)27-11-8-21-19(24)17-13-15(23(25)26)6-7-18(17)22-9-1-2-10-22/h3-7,12-13H,1-2,8-11H2,(H,21,24). The lowest BCUT2D eigenvalue weighted by Crippen LogP contribution is -2.30. The maximum Gasteiger partial charge on any atom is 0.270 e.